The summed E-state index contributed by atoms with van der Waals surface area (Å²) in [5, 5.41) is 10.7. The summed E-state index contributed by atoms with van der Waals surface area (Å²) in [6, 6.07) is 19.7. The van der Waals surface area contributed by atoms with Crippen molar-refractivity contribution in [2.45, 2.75) is 6.92 Å². The lowest BCUT2D eigenvalue weighted by atomic mass is 10.1. The summed E-state index contributed by atoms with van der Waals surface area (Å²) in [6.07, 6.45) is 1.66. The summed E-state index contributed by atoms with van der Waals surface area (Å²) in [5.41, 5.74) is 5.06. The van der Waals surface area contributed by atoms with Gasteiger partial charge in [-0.15, -0.1) is 0 Å². The minimum Gasteiger partial charge on any atom is -0.436 e. The summed E-state index contributed by atoms with van der Waals surface area (Å²) in [6.45, 7) is 2.02. The van der Waals surface area contributed by atoms with Crippen LogP contribution in [0.1, 0.15) is 11.1 Å². The van der Waals surface area contributed by atoms with E-state index in [1.165, 1.54) is 12.1 Å². The van der Waals surface area contributed by atoms with Crippen molar-refractivity contribution in [1.82, 2.24) is 4.98 Å². The molecule has 1 aromatic heterocycles. The van der Waals surface area contributed by atoms with Gasteiger partial charge in [0.25, 0.3) is 5.69 Å². The maximum absolute atomic E-state index is 10.7. The Hall–Kier alpha value is -3.80. The number of nitrogens with zero attached hydrogens (tertiary/aromatic N) is 3. The summed E-state index contributed by atoms with van der Waals surface area (Å²) in [4.78, 5) is 19.2. The van der Waals surface area contributed by atoms with Crippen LogP contribution in [0.2, 0.25) is 0 Å². The van der Waals surface area contributed by atoms with Gasteiger partial charge in [0.1, 0.15) is 5.52 Å². The highest BCUT2D eigenvalue weighted by atomic mass is 16.6. The molecule has 4 rings (SSSR count). The Bertz CT molecular complexity index is 1160. The zero-order chi connectivity index (χ0) is 18.8. The first-order valence-corrected chi connectivity index (χ1v) is 8.35. The molecule has 1 heterocycles. The minimum absolute atomic E-state index is 0.0554. The Balaban J connectivity index is 1.60. The number of hydrogen-bond donors (Lipinski definition) is 0. The van der Waals surface area contributed by atoms with E-state index < -0.39 is 4.92 Å². The van der Waals surface area contributed by atoms with Crippen LogP contribution < -0.4 is 0 Å². The molecule has 0 aliphatic rings. The van der Waals surface area contributed by atoms with Crippen molar-refractivity contribution in [1.29, 1.82) is 0 Å². The Morgan fingerprint density at radius 3 is 2.63 bits per heavy atom. The molecular weight excluding hydrogens is 342 g/mol. The lowest BCUT2D eigenvalue weighted by molar-refractivity contribution is -0.384. The molecule has 0 unspecified atom stereocenters. The van der Waals surface area contributed by atoms with E-state index in [9.17, 15) is 10.1 Å². The Morgan fingerprint density at radius 2 is 1.89 bits per heavy atom. The molecule has 0 radical (unpaired) electrons. The molecule has 0 atom stereocenters. The van der Waals surface area contributed by atoms with Crippen molar-refractivity contribution in [3.8, 4) is 11.5 Å². The third kappa shape index (κ3) is 3.59. The largest absolute Gasteiger partial charge is 0.436 e. The van der Waals surface area contributed by atoms with Crippen molar-refractivity contribution < 1.29 is 9.34 Å². The average molecular weight is 357 g/mol. The van der Waals surface area contributed by atoms with Crippen LogP contribution >= 0.6 is 0 Å². The first-order chi connectivity index (χ1) is 13.1. The Labute approximate surface area is 155 Å². The number of hydrogen-bond acceptors (Lipinski definition) is 5. The number of nitro benzene ring substituents is 1. The molecular formula is C21H15N3O3. The van der Waals surface area contributed by atoms with Gasteiger partial charge in [0.2, 0.25) is 5.89 Å². The van der Waals surface area contributed by atoms with E-state index in [0.717, 1.165) is 27.9 Å². The molecule has 0 saturated heterocycles. The highest BCUT2D eigenvalue weighted by Gasteiger charge is 2.09. The Kier molecular flexibility index (Phi) is 4.22. The smallest absolute Gasteiger partial charge is 0.269 e. The van der Waals surface area contributed by atoms with E-state index >= 15 is 0 Å². The van der Waals surface area contributed by atoms with Crippen LogP contribution in [0.5, 0.6) is 0 Å². The molecule has 6 nitrogen and oxygen atoms in total. The summed E-state index contributed by atoms with van der Waals surface area (Å²) in [5.74, 6) is 0.574. The quantitative estimate of drug-likeness (QED) is 0.276. The second kappa shape index (κ2) is 6.84. The minimum atomic E-state index is -0.425. The molecule has 0 fully saturated rings. The van der Waals surface area contributed by atoms with Gasteiger partial charge in [0, 0.05) is 23.9 Å². The highest BCUT2D eigenvalue weighted by Crippen LogP contribution is 2.27. The number of aromatic nitrogens is 1. The van der Waals surface area contributed by atoms with Gasteiger partial charge >= 0.3 is 0 Å². The SMILES string of the molecule is Cc1cccc(-c2nc3cc(N=Cc4ccc([N+](=O)[O-])cc4)ccc3o2)c1. The van der Waals surface area contributed by atoms with Gasteiger partial charge in [-0.3, -0.25) is 15.1 Å². The molecule has 0 amide bonds. The number of benzene rings is 3. The van der Waals surface area contributed by atoms with Crippen LogP contribution in [0.3, 0.4) is 0 Å². The van der Waals surface area contributed by atoms with Gasteiger partial charge in [-0.25, -0.2) is 4.98 Å². The molecule has 27 heavy (non-hydrogen) atoms. The topological polar surface area (TPSA) is 81.5 Å². The molecule has 0 aliphatic heterocycles. The van der Waals surface area contributed by atoms with Crippen molar-refractivity contribution in [3.05, 3.63) is 88.0 Å². The predicted octanol–water partition coefficient (Wildman–Crippen LogP) is 5.46. The van der Waals surface area contributed by atoms with Crippen molar-refractivity contribution >= 4 is 28.7 Å². The maximum atomic E-state index is 10.7. The highest BCUT2D eigenvalue weighted by molar-refractivity contribution is 5.85. The van der Waals surface area contributed by atoms with E-state index in [1.807, 2.05) is 49.4 Å². The van der Waals surface area contributed by atoms with Crippen LogP contribution in [-0.2, 0) is 0 Å². The van der Waals surface area contributed by atoms with Gasteiger partial charge in [-0.2, -0.15) is 0 Å². The number of aryl methyl sites for hydroxylation is 1. The van der Waals surface area contributed by atoms with Gasteiger partial charge in [-0.1, -0.05) is 17.7 Å². The first kappa shape index (κ1) is 16.7. The maximum Gasteiger partial charge on any atom is 0.269 e. The molecule has 6 heteroatoms. The summed E-state index contributed by atoms with van der Waals surface area (Å²) in [7, 11) is 0. The van der Waals surface area contributed by atoms with Crippen LogP contribution in [0.15, 0.2) is 76.1 Å². The monoisotopic (exact) mass is 357 g/mol. The average Bonchev–Trinajstić information content (AvgIpc) is 3.10. The fraction of sp³-hybridized carbons (Fsp3) is 0.0476. The fourth-order valence-corrected chi connectivity index (χ4v) is 2.73. The molecule has 132 valence electrons. The normalized spacial score (nSPS) is 11.3. The van der Waals surface area contributed by atoms with Crippen LogP contribution in [0, 0.1) is 17.0 Å². The van der Waals surface area contributed by atoms with Gasteiger partial charge in [0.05, 0.1) is 10.6 Å². The van der Waals surface area contributed by atoms with Crippen molar-refractivity contribution in [2.75, 3.05) is 0 Å². The molecule has 4 aromatic rings. The summed E-state index contributed by atoms with van der Waals surface area (Å²) >= 11 is 0. The summed E-state index contributed by atoms with van der Waals surface area (Å²) < 4.78 is 5.84. The van der Waals surface area contributed by atoms with E-state index in [4.69, 9.17) is 4.42 Å². The molecule has 0 aliphatic carbocycles. The number of non-ortho nitro benzene ring substituents is 1. The second-order valence-corrected chi connectivity index (χ2v) is 6.15. The standard InChI is InChI=1S/C21H15N3O3/c1-14-3-2-4-16(11-14)21-23-19-12-17(7-10-20(19)27-21)22-13-15-5-8-18(9-6-15)24(25)26/h2-13H,1H3. The third-order valence-electron chi connectivity index (χ3n) is 4.10. The third-order valence-corrected chi connectivity index (χ3v) is 4.10. The number of fused-ring (bicyclic) bond motifs is 1. The molecule has 0 N–H and O–H groups in total. The molecule has 0 saturated carbocycles. The number of rotatable bonds is 4. The molecule has 3 aromatic carbocycles. The number of oxazole rings is 1. The van der Waals surface area contributed by atoms with Crippen LogP contribution in [0.25, 0.3) is 22.6 Å². The van der Waals surface area contributed by atoms with Gasteiger partial charge in [0.15, 0.2) is 5.58 Å². The second-order valence-electron chi connectivity index (χ2n) is 6.15. The molecule has 0 bridgehead atoms. The van der Waals surface area contributed by atoms with Gasteiger partial charge < -0.3 is 4.42 Å². The lowest BCUT2D eigenvalue weighted by Crippen LogP contribution is -1.88. The lowest BCUT2D eigenvalue weighted by Gasteiger charge is -1.95. The zero-order valence-electron chi connectivity index (χ0n) is 14.5. The number of aliphatic imine (C=N–C) groups is 1. The van der Waals surface area contributed by atoms with E-state index in [-0.39, 0.29) is 5.69 Å². The van der Waals surface area contributed by atoms with Gasteiger partial charge in [-0.05, 0) is 55.0 Å². The van der Waals surface area contributed by atoms with Crippen molar-refractivity contribution in [2.24, 2.45) is 4.99 Å². The van der Waals surface area contributed by atoms with E-state index in [1.54, 1.807) is 18.3 Å². The molecule has 0 spiro atoms. The fourth-order valence-electron chi connectivity index (χ4n) is 2.73. The Morgan fingerprint density at radius 1 is 1.07 bits per heavy atom. The first-order valence-electron chi connectivity index (χ1n) is 8.35. The zero-order valence-corrected chi connectivity index (χ0v) is 14.5. The van der Waals surface area contributed by atoms with Crippen LogP contribution in [-0.4, -0.2) is 16.1 Å². The van der Waals surface area contributed by atoms with Crippen LogP contribution in [0.4, 0.5) is 11.4 Å². The van der Waals surface area contributed by atoms with E-state index in [0.29, 0.717) is 11.5 Å². The number of nitro groups is 1. The van der Waals surface area contributed by atoms with Crippen molar-refractivity contribution in [3.63, 3.8) is 0 Å². The van der Waals surface area contributed by atoms with E-state index in [2.05, 4.69) is 9.98 Å². The predicted molar refractivity (Wildman–Crippen MR) is 105 cm³/mol.